The predicted octanol–water partition coefficient (Wildman–Crippen LogP) is 3.47. The van der Waals surface area contributed by atoms with Crippen LogP contribution in [0.1, 0.15) is 21.5 Å². The second-order valence-corrected chi connectivity index (χ2v) is 5.39. The number of benzene rings is 2. The van der Waals surface area contributed by atoms with Gasteiger partial charge in [-0.3, -0.25) is 0 Å². The molecule has 0 saturated carbocycles. The predicted molar refractivity (Wildman–Crippen MR) is 89.8 cm³/mol. The van der Waals surface area contributed by atoms with Crippen LogP contribution in [0, 0.1) is 0 Å². The van der Waals surface area contributed by atoms with E-state index in [-0.39, 0.29) is 11.6 Å². The zero-order chi connectivity index (χ0) is 17.1. The number of carbonyl (C=O) groups excluding carboxylic acids is 2. The van der Waals surface area contributed by atoms with Crippen LogP contribution in [0.3, 0.4) is 0 Å². The molecule has 0 unspecified atom stereocenters. The SMILES string of the molecule is COC(=O)c1ccc(/C=C2/N=C(c3ccc(Cl)cc3)OC2=O)cc1. The van der Waals surface area contributed by atoms with Gasteiger partial charge in [0.25, 0.3) is 0 Å². The van der Waals surface area contributed by atoms with Crippen LogP contribution in [0.2, 0.25) is 5.02 Å². The second kappa shape index (κ2) is 6.68. The lowest BCUT2D eigenvalue weighted by molar-refractivity contribution is -0.129. The molecule has 0 amide bonds. The minimum absolute atomic E-state index is 0.186. The molecule has 1 aliphatic rings. The number of carbonyl (C=O) groups is 2. The Morgan fingerprint density at radius 3 is 2.42 bits per heavy atom. The molecule has 6 heteroatoms. The average Bonchev–Trinajstić information content (AvgIpc) is 2.96. The van der Waals surface area contributed by atoms with Crippen LogP contribution >= 0.6 is 11.6 Å². The molecule has 0 aromatic heterocycles. The van der Waals surface area contributed by atoms with Gasteiger partial charge in [0.05, 0.1) is 12.7 Å². The number of ether oxygens (including phenoxy) is 2. The highest BCUT2D eigenvalue weighted by Crippen LogP contribution is 2.20. The van der Waals surface area contributed by atoms with Gasteiger partial charge < -0.3 is 9.47 Å². The van der Waals surface area contributed by atoms with Crippen LogP contribution < -0.4 is 0 Å². The highest BCUT2D eigenvalue weighted by molar-refractivity contribution is 6.30. The summed E-state index contributed by atoms with van der Waals surface area (Å²) in [5.41, 5.74) is 2.00. The van der Waals surface area contributed by atoms with Crippen LogP contribution in [-0.4, -0.2) is 24.9 Å². The Morgan fingerprint density at radius 1 is 1.12 bits per heavy atom. The van der Waals surface area contributed by atoms with Crippen molar-refractivity contribution in [1.82, 2.24) is 0 Å². The molecular weight excluding hydrogens is 330 g/mol. The van der Waals surface area contributed by atoms with Crippen molar-refractivity contribution in [3.05, 3.63) is 75.9 Å². The van der Waals surface area contributed by atoms with E-state index in [4.69, 9.17) is 16.3 Å². The van der Waals surface area contributed by atoms with E-state index in [0.717, 1.165) is 5.56 Å². The molecule has 0 aliphatic carbocycles. The Morgan fingerprint density at radius 2 is 1.79 bits per heavy atom. The summed E-state index contributed by atoms with van der Waals surface area (Å²) in [4.78, 5) is 27.6. The molecule has 0 radical (unpaired) electrons. The molecule has 1 heterocycles. The Balaban J connectivity index is 1.85. The third-order valence-electron chi connectivity index (χ3n) is 3.35. The molecule has 0 fully saturated rings. The maximum atomic E-state index is 11.9. The summed E-state index contributed by atoms with van der Waals surface area (Å²) in [5.74, 6) is -0.719. The van der Waals surface area contributed by atoms with E-state index in [0.29, 0.717) is 16.1 Å². The lowest BCUT2D eigenvalue weighted by Crippen LogP contribution is -2.05. The van der Waals surface area contributed by atoms with Crippen LogP contribution in [0.5, 0.6) is 0 Å². The first-order chi connectivity index (χ1) is 11.6. The van der Waals surface area contributed by atoms with Gasteiger partial charge in [0.1, 0.15) is 0 Å². The first-order valence-electron chi connectivity index (χ1n) is 7.04. The van der Waals surface area contributed by atoms with Gasteiger partial charge >= 0.3 is 11.9 Å². The summed E-state index contributed by atoms with van der Waals surface area (Å²) in [6.07, 6.45) is 1.59. The molecule has 0 bridgehead atoms. The Kier molecular flexibility index (Phi) is 4.44. The van der Waals surface area contributed by atoms with Crippen LogP contribution in [0.25, 0.3) is 6.08 Å². The third-order valence-corrected chi connectivity index (χ3v) is 3.60. The first kappa shape index (κ1) is 16.0. The van der Waals surface area contributed by atoms with E-state index in [9.17, 15) is 9.59 Å². The van der Waals surface area contributed by atoms with E-state index >= 15 is 0 Å². The molecule has 3 rings (SSSR count). The minimum atomic E-state index is -0.531. The largest absolute Gasteiger partial charge is 0.465 e. The molecule has 2 aromatic rings. The Bertz CT molecular complexity index is 852. The minimum Gasteiger partial charge on any atom is -0.465 e. The third kappa shape index (κ3) is 3.36. The van der Waals surface area contributed by atoms with Gasteiger partial charge in [0, 0.05) is 10.6 Å². The van der Waals surface area contributed by atoms with Crippen LogP contribution in [-0.2, 0) is 14.3 Å². The second-order valence-electron chi connectivity index (χ2n) is 4.96. The number of halogens is 1. The van der Waals surface area contributed by atoms with Gasteiger partial charge in [-0.25, -0.2) is 14.6 Å². The highest BCUT2D eigenvalue weighted by Gasteiger charge is 2.24. The standard InChI is InChI=1S/C18H12ClNO4/c1-23-17(21)13-4-2-11(3-5-13)10-15-18(22)24-16(20-15)12-6-8-14(19)9-7-12/h2-10H,1H3/b15-10+. The molecule has 0 atom stereocenters. The molecule has 0 spiro atoms. The van der Waals surface area contributed by atoms with E-state index in [1.54, 1.807) is 54.6 Å². The van der Waals surface area contributed by atoms with Gasteiger partial charge in [-0.05, 0) is 48.0 Å². The zero-order valence-electron chi connectivity index (χ0n) is 12.7. The van der Waals surface area contributed by atoms with Crippen molar-refractivity contribution < 1.29 is 19.1 Å². The zero-order valence-corrected chi connectivity index (χ0v) is 13.4. The molecule has 2 aromatic carbocycles. The van der Waals surface area contributed by atoms with Gasteiger partial charge in [0.2, 0.25) is 5.90 Å². The summed E-state index contributed by atoms with van der Waals surface area (Å²) < 4.78 is 9.82. The number of hydrogen-bond donors (Lipinski definition) is 0. The van der Waals surface area contributed by atoms with E-state index in [1.165, 1.54) is 7.11 Å². The Labute approximate surface area is 143 Å². The van der Waals surface area contributed by atoms with E-state index in [2.05, 4.69) is 9.73 Å². The van der Waals surface area contributed by atoms with Gasteiger partial charge in [-0.1, -0.05) is 23.7 Å². The van der Waals surface area contributed by atoms with Gasteiger partial charge in [-0.2, -0.15) is 0 Å². The molecule has 0 saturated heterocycles. The summed E-state index contributed by atoms with van der Waals surface area (Å²) in [5, 5.41) is 0.588. The molecule has 1 aliphatic heterocycles. The maximum Gasteiger partial charge on any atom is 0.363 e. The lowest BCUT2D eigenvalue weighted by Gasteiger charge is -1.99. The first-order valence-corrected chi connectivity index (χ1v) is 7.41. The van der Waals surface area contributed by atoms with E-state index in [1.807, 2.05) is 0 Å². The smallest absolute Gasteiger partial charge is 0.363 e. The highest BCUT2D eigenvalue weighted by atomic mass is 35.5. The number of aliphatic imine (C=N–C) groups is 1. The lowest BCUT2D eigenvalue weighted by atomic mass is 10.1. The van der Waals surface area contributed by atoms with Crippen molar-refractivity contribution in [3.63, 3.8) is 0 Å². The van der Waals surface area contributed by atoms with Crippen molar-refractivity contribution in [2.75, 3.05) is 7.11 Å². The van der Waals surface area contributed by atoms with Gasteiger partial charge in [-0.15, -0.1) is 0 Å². The van der Waals surface area contributed by atoms with Crippen LogP contribution in [0.4, 0.5) is 0 Å². The van der Waals surface area contributed by atoms with Crippen molar-refractivity contribution in [3.8, 4) is 0 Å². The van der Waals surface area contributed by atoms with Crippen molar-refractivity contribution >= 4 is 35.5 Å². The fourth-order valence-corrected chi connectivity index (χ4v) is 2.24. The fraction of sp³-hybridized carbons (Fsp3) is 0.0556. The summed E-state index contributed by atoms with van der Waals surface area (Å²) in [6, 6.07) is 13.5. The number of cyclic esters (lactones) is 1. The summed E-state index contributed by atoms with van der Waals surface area (Å²) in [7, 11) is 1.32. The van der Waals surface area contributed by atoms with Crippen molar-refractivity contribution in [2.24, 2.45) is 4.99 Å². The van der Waals surface area contributed by atoms with Crippen LogP contribution in [0.15, 0.2) is 59.2 Å². The topological polar surface area (TPSA) is 65.0 Å². The normalized spacial score (nSPS) is 15.2. The number of rotatable bonds is 3. The number of hydrogen-bond acceptors (Lipinski definition) is 5. The molecule has 5 nitrogen and oxygen atoms in total. The number of esters is 2. The van der Waals surface area contributed by atoms with Gasteiger partial charge in [0.15, 0.2) is 5.70 Å². The van der Waals surface area contributed by atoms with E-state index < -0.39 is 11.9 Å². The number of nitrogens with zero attached hydrogens (tertiary/aromatic N) is 1. The Hall–Kier alpha value is -2.92. The monoisotopic (exact) mass is 341 g/mol. The summed E-state index contributed by atoms with van der Waals surface area (Å²) in [6.45, 7) is 0. The molecular formula is C18H12ClNO4. The van der Waals surface area contributed by atoms with Crippen molar-refractivity contribution in [1.29, 1.82) is 0 Å². The number of methoxy groups -OCH3 is 1. The van der Waals surface area contributed by atoms with Crippen molar-refractivity contribution in [2.45, 2.75) is 0 Å². The molecule has 120 valence electrons. The quantitative estimate of drug-likeness (QED) is 0.633. The maximum absolute atomic E-state index is 11.9. The fourth-order valence-electron chi connectivity index (χ4n) is 2.12. The summed E-state index contributed by atoms with van der Waals surface area (Å²) >= 11 is 5.84. The molecule has 0 N–H and O–H groups in total. The average molecular weight is 342 g/mol. The molecule has 24 heavy (non-hydrogen) atoms.